The second-order valence-electron chi connectivity index (χ2n) is 8.53. The first-order chi connectivity index (χ1) is 14.2. The van der Waals surface area contributed by atoms with E-state index in [2.05, 4.69) is 26.1 Å². The molecular formula is C23H29NO5S. The van der Waals surface area contributed by atoms with Crippen molar-refractivity contribution in [3.8, 4) is 11.5 Å². The highest BCUT2D eigenvalue weighted by atomic mass is 32.1. The number of methoxy groups -OCH3 is 3. The van der Waals surface area contributed by atoms with E-state index >= 15 is 0 Å². The van der Waals surface area contributed by atoms with Crippen LogP contribution < -0.4 is 14.8 Å². The number of carbonyl (C=O) groups excluding carboxylic acids is 2. The van der Waals surface area contributed by atoms with E-state index in [0.29, 0.717) is 33.5 Å². The Morgan fingerprint density at radius 1 is 1.10 bits per heavy atom. The average molecular weight is 432 g/mol. The smallest absolute Gasteiger partial charge is 0.341 e. The molecule has 0 spiro atoms. The van der Waals surface area contributed by atoms with Crippen molar-refractivity contribution in [3.63, 3.8) is 0 Å². The third-order valence-corrected chi connectivity index (χ3v) is 6.92. The van der Waals surface area contributed by atoms with E-state index in [1.165, 1.54) is 25.6 Å². The lowest BCUT2D eigenvalue weighted by Gasteiger charge is -2.33. The standard InChI is InChI=1S/C23H29NO5S/c1-23(2,3)14-8-9-15-18(12-14)30-21(19(15)22(26)29-6)24-20(25)13-7-10-16(27-4)17(11-13)28-5/h7,10-11,14H,8-9,12H2,1-6H3,(H,24,25). The minimum Gasteiger partial charge on any atom is -0.493 e. The van der Waals surface area contributed by atoms with Gasteiger partial charge in [-0.05, 0) is 54.4 Å². The summed E-state index contributed by atoms with van der Waals surface area (Å²) in [5.74, 6) is 0.820. The molecule has 3 rings (SSSR count). The van der Waals surface area contributed by atoms with Gasteiger partial charge in [-0.15, -0.1) is 11.3 Å². The molecule has 7 heteroatoms. The van der Waals surface area contributed by atoms with Gasteiger partial charge in [-0.1, -0.05) is 20.8 Å². The lowest BCUT2D eigenvalue weighted by molar-refractivity contribution is 0.0600. The number of benzene rings is 1. The fourth-order valence-corrected chi connectivity index (χ4v) is 5.19. The molecule has 0 saturated heterocycles. The van der Waals surface area contributed by atoms with Crippen LogP contribution >= 0.6 is 11.3 Å². The molecule has 162 valence electrons. The van der Waals surface area contributed by atoms with Gasteiger partial charge in [0.05, 0.1) is 26.9 Å². The van der Waals surface area contributed by atoms with E-state index in [0.717, 1.165) is 29.7 Å². The van der Waals surface area contributed by atoms with Crippen molar-refractivity contribution in [1.82, 2.24) is 0 Å². The zero-order chi connectivity index (χ0) is 22.1. The Kier molecular flexibility index (Phi) is 6.41. The van der Waals surface area contributed by atoms with Crippen molar-refractivity contribution in [2.45, 2.75) is 40.0 Å². The van der Waals surface area contributed by atoms with Gasteiger partial charge in [0.15, 0.2) is 11.5 Å². The number of thiophene rings is 1. The van der Waals surface area contributed by atoms with Crippen molar-refractivity contribution in [1.29, 1.82) is 0 Å². The van der Waals surface area contributed by atoms with Crippen LogP contribution in [0.2, 0.25) is 0 Å². The van der Waals surface area contributed by atoms with Gasteiger partial charge in [0.1, 0.15) is 5.00 Å². The van der Waals surface area contributed by atoms with E-state index in [1.54, 1.807) is 25.3 Å². The summed E-state index contributed by atoms with van der Waals surface area (Å²) in [5, 5.41) is 3.47. The summed E-state index contributed by atoms with van der Waals surface area (Å²) in [7, 11) is 4.43. The highest BCUT2D eigenvalue weighted by molar-refractivity contribution is 7.17. The molecule has 0 fully saturated rings. The van der Waals surface area contributed by atoms with Gasteiger partial charge in [-0.25, -0.2) is 4.79 Å². The summed E-state index contributed by atoms with van der Waals surface area (Å²) in [6, 6.07) is 4.97. The number of nitrogens with one attached hydrogen (secondary N) is 1. The summed E-state index contributed by atoms with van der Waals surface area (Å²) in [5.41, 5.74) is 2.10. The van der Waals surface area contributed by atoms with Crippen LogP contribution in [0.1, 0.15) is 58.3 Å². The number of fused-ring (bicyclic) bond motifs is 1. The third kappa shape index (κ3) is 4.31. The Labute approximate surface area is 181 Å². The molecule has 2 aromatic rings. The normalized spacial score (nSPS) is 15.9. The van der Waals surface area contributed by atoms with Crippen LogP contribution in [0.15, 0.2) is 18.2 Å². The molecule has 1 unspecified atom stereocenters. The summed E-state index contributed by atoms with van der Waals surface area (Å²) < 4.78 is 15.6. The Morgan fingerprint density at radius 2 is 1.80 bits per heavy atom. The maximum atomic E-state index is 12.9. The zero-order valence-electron chi connectivity index (χ0n) is 18.4. The highest BCUT2D eigenvalue weighted by Gasteiger charge is 2.34. The highest BCUT2D eigenvalue weighted by Crippen LogP contribution is 2.44. The van der Waals surface area contributed by atoms with E-state index in [1.807, 2.05) is 0 Å². The predicted octanol–water partition coefficient (Wildman–Crippen LogP) is 4.96. The number of ether oxygens (including phenoxy) is 3. The molecule has 1 aromatic heterocycles. The monoisotopic (exact) mass is 431 g/mol. The SMILES string of the molecule is COC(=O)c1c(NC(=O)c2ccc(OC)c(OC)c2)sc2c1CCC(C(C)(C)C)C2. The molecular weight excluding hydrogens is 402 g/mol. The van der Waals surface area contributed by atoms with Crippen LogP contribution in [0, 0.1) is 11.3 Å². The first kappa shape index (κ1) is 22.2. The largest absolute Gasteiger partial charge is 0.493 e. The molecule has 1 amide bonds. The third-order valence-electron chi connectivity index (χ3n) is 5.75. The molecule has 1 N–H and O–H groups in total. The van der Waals surface area contributed by atoms with E-state index < -0.39 is 5.97 Å². The quantitative estimate of drug-likeness (QED) is 0.678. The van der Waals surface area contributed by atoms with Crippen molar-refractivity contribution >= 4 is 28.2 Å². The second kappa shape index (κ2) is 8.68. The van der Waals surface area contributed by atoms with Crippen LogP contribution in [0.3, 0.4) is 0 Å². The number of amides is 1. The van der Waals surface area contributed by atoms with Crippen LogP contribution in [0.4, 0.5) is 5.00 Å². The van der Waals surface area contributed by atoms with Gasteiger partial charge in [0.25, 0.3) is 5.91 Å². The minimum atomic E-state index is -0.413. The van der Waals surface area contributed by atoms with Crippen molar-refractivity contribution in [3.05, 3.63) is 39.8 Å². The number of hydrogen-bond donors (Lipinski definition) is 1. The van der Waals surface area contributed by atoms with E-state index in [-0.39, 0.29) is 11.3 Å². The Hall–Kier alpha value is -2.54. The number of hydrogen-bond acceptors (Lipinski definition) is 6. The van der Waals surface area contributed by atoms with E-state index in [9.17, 15) is 9.59 Å². The lowest BCUT2D eigenvalue weighted by Crippen LogP contribution is -2.26. The molecule has 0 bridgehead atoms. The molecule has 1 aliphatic rings. The molecule has 1 atom stereocenters. The van der Waals surface area contributed by atoms with Gasteiger partial charge in [-0.2, -0.15) is 0 Å². The Morgan fingerprint density at radius 3 is 2.40 bits per heavy atom. The fourth-order valence-electron chi connectivity index (χ4n) is 3.88. The Bertz CT molecular complexity index is 957. The maximum absolute atomic E-state index is 12.9. The number of carbonyl (C=O) groups is 2. The zero-order valence-corrected chi connectivity index (χ0v) is 19.2. The summed E-state index contributed by atoms with van der Waals surface area (Å²) in [6.45, 7) is 6.74. The van der Waals surface area contributed by atoms with Gasteiger partial charge in [0.2, 0.25) is 0 Å². The van der Waals surface area contributed by atoms with Crippen molar-refractivity contribution in [2.24, 2.45) is 11.3 Å². The predicted molar refractivity (Wildman–Crippen MR) is 118 cm³/mol. The molecule has 0 radical (unpaired) electrons. The molecule has 1 aromatic carbocycles. The van der Waals surface area contributed by atoms with Gasteiger partial charge < -0.3 is 19.5 Å². The molecule has 30 heavy (non-hydrogen) atoms. The van der Waals surface area contributed by atoms with Gasteiger partial charge >= 0.3 is 5.97 Å². The molecule has 1 heterocycles. The fraction of sp³-hybridized carbons (Fsp3) is 0.478. The number of rotatable bonds is 5. The number of esters is 1. The topological polar surface area (TPSA) is 73.9 Å². The van der Waals surface area contributed by atoms with Crippen LogP contribution in [0.25, 0.3) is 0 Å². The van der Waals surface area contributed by atoms with Crippen molar-refractivity contribution in [2.75, 3.05) is 26.6 Å². The maximum Gasteiger partial charge on any atom is 0.341 e. The van der Waals surface area contributed by atoms with Gasteiger partial charge in [-0.3, -0.25) is 4.79 Å². The Balaban J connectivity index is 1.93. The summed E-state index contributed by atoms with van der Waals surface area (Å²) in [6.07, 6.45) is 2.73. The molecule has 6 nitrogen and oxygen atoms in total. The first-order valence-corrected chi connectivity index (χ1v) is 10.8. The second-order valence-corrected chi connectivity index (χ2v) is 9.63. The number of anilines is 1. The van der Waals surface area contributed by atoms with E-state index in [4.69, 9.17) is 14.2 Å². The van der Waals surface area contributed by atoms with Crippen LogP contribution in [-0.2, 0) is 17.6 Å². The minimum absolute atomic E-state index is 0.191. The lowest BCUT2D eigenvalue weighted by atomic mass is 9.72. The van der Waals surface area contributed by atoms with Crippen molar-refractivity contribution < 1.29 is 23.8 Å². The summed E-state index contributed by atoms with van der Waals surface area (Å²) >= 11 is 1.48. The molecule has 1 aliphatic carbocycles. The molecule has 0 saturated carbocycles. The van der Waals surface area contributed by atoms with Crippen LogP contribution in [0.5, 0.6) is 11.5 Å². The average Bonchev–Trinajstić information content (AvgIpc) is 3.08. The molecule has 0 aliphatic heterocycles. The summed E-state index contributed by atoms with van der Waals surface area (Å²) in [4.78, 5) is 26.6. The van der Waals surface area contributed by atoms with Crippen LogP contribution in [-0.4, -0.2) is 33.2 Å². The van der Waals surface area contributed by atoms with Gasteiger partial charge in [0, 0.05) is 10.4 Å². The first-order valence-electron chi connectivity index (χ1n) is 9.95.